The van der Waals surface area contributed by atoms with Crippen LogP contribution in [0, 0.1) is 17.7 Å². The Balaban J connectivity index is 1.79. The number of Topliss-reactive ketones (excluding diaryl/α,β-unsaturated/α-hetero) is 1. The third kappa shape index (κ3) is 3.00. The van der Waals surface area contributed by atoms with Crippen LogP contribution in [0.15, 0.2) is 24.4 Å². The quantitative estimate of drug-likeness (QED) is 0.834. The van der Waals surface area contributed by atoms with Crippen LogP contribution in [0.4, 0.5) is 4.39 Å². The summed E-state index contributed by atoms with van der Waals surface area (Å²) in [7, 11) is 0. The van der Waals surface area contributed by atoms with Crippen molar-refractivity contribution >= 4 is 16.7 Å². The normalized spacial score (nSPS) is 26.1. The Hall–Kier alpha value is -1.68. The van der Waals surface area contributed by atoms with Gasteiger partial charge in [-0.3, -0.25) is 4.79 Å². The van der Waals surface area contributed by atoms with Gasteiger partial charge < -0.3 is 9.88 Å². The van der Waals surface area contributed by atoms with Crippen LogP contribution in [0.2, 0.25) is 0 Å². The van der Waals surface area contributed by atoms with E-state index in [9.17, 15) is 9.18 Å². The van der Waals surface area contributed by atoms with Gasteiger partial charge in [0.15, 0.2) is 0 Å². The van der Waals surface area contributed by atoms with Crippen molar-refractivity contribution in [2.75, 3.05) is 19.6 Å². The lowest BCUT2D eigenvalue weighted by Crippen LogP contribution is -3.15. The summed E-state index contributed by atoms with van der Waals surface area (Å²) < 4.78 is 13.4. The Morgan fingerprint density at radius 3 is 2.76 bits per heavy atom. The molecule has 1 aliphatic heterocycles. The maximum Gasteiger partial charge on any atom is 0.219 e. The van der Waals surface area contributed by atoms with E-state index in [-0.39, 0.29) is 11.6 Å². The molecule has 2 N–H and O–H groups in total. The maximum absolute atomic E-state index is 13.4. The number of fused-ring (bicyclic) bond motifs is 1. The van der Waals surface area contributed by atoms with Gasteiger partial charge in [0.2, 0.25) is 5.78 Å². The Labute approximate surface area is 124 Å². The first-order valence-corrected chi connectivity index (χ1v) is 7.66. The largest absolute Gasteiger partial charge is 0.360 e. The molecule has 21 heavy (non-hydrogen) atoms. The van der Waals surface area contributed by atoms with E-state index in [0.717, 1.165) is 18.6 Å². The molecule has 0 unspecified atom stereocenters. The molecule has 2 aromatic rings. The van der Waals surface area contributed by atoms with Crippen LogP contribution in [-0.4, -0.2) is 30.4 Å². The number of nitrogens with one attached hydrogen (secondary N) is 2. The van der Waals surface area contributed by atoms with Gasteiger partial charge in [-0.25, -0.2) is 4.39 Å². The fraction of sp³-hybridized carbons (Fsp3) is 0.471. The summed E-state index contributed by atoms with van der Waals surface area (Å²) in [6, 6.07) is 4.53. The van der Waals surface area contributed by atoms with Crippen molar-refractivity contribution in [1.82, 2.24) is 4.98 Å². The number of aromatic nitrogens is 1. The second-order valence-electron chi connectivity index (χ2n) is 6.60. The number of benzene rings is 1. The summed E-state index contributed by atoms with van der Waals surface area (Å²) in [5.41, 5.74) is 1.43. The van der Waals surface area contributed by atoms with E-state index in [1.54, 1.807) is 12.3 Å². The number of carbonyl (C=O) groups excluding carboxylic acids is 1. The first-order valence-electron chi connectivity index (χ1n) is 7.66. The van der Waals surface area contributed by atoms with E-state index in [0.29, 0.717) is 29.3 Å². The van der Waals surface area contributed by atoms with Crippen LogP contribution < -0.4 is 4.90 Å². The lowest BCUT2D eigenvalue weighted by atomic mass is 9.91. The van der Waals surface area contributed by atoms with Gasteiger partial charge in [0.05, 0.1) is 13.1 Å². The number of quaternary nitrogens is 1. The molecule has 4 heteroatoms. The standard InChI is InChI=1S/C17H21FN2O/c1-11-5-12(2)9-20(8-11)10-17(21)15-7-19-16-4-3-13(18)6-14(15)16/h3-4,6-7,11-12,19H,5,8-10H2,1-2H3/p+1/t11-,12-/m1/s1. The molecular weight excluding hydrogens is 267 g/mol. The van der Waals surface area contributed by atoms with Crippen molar-refractivity contribution in [1.29, 1.82) is 0 Å². The van der Waals surface area contributed by atoms with E-state index in [4.69, 9.17) is 0 Å². The molecule has 0 radical (unpaired) electrons. The highest BCUT2D eigenvalue weighted by atomic mass is 19.1. The van der Waals surface area contributed by atoms with E-state index in [1.807, 2.05) is 0 Å². The predicted octanol–water partition coefficient (Wildman–Crippen LogP) is 2.05. The highest BCUT2D eigenvalue weighted by molar-refractivity contribution is 6.08. The molecular formula is C17H22FN2O+. The highest BCUT2D eigenvalue weighted by Gasteiger charge is 2.27. The van der Waals surface area contributed by atoms with Gasteiger partial charge in [0, 0.05) is 34.5 Å². The van der Waals surface area contributed by atoms with Crippen molar-refractivity contribution in [2.24, 2.45) is 11.8 Å². The monoisotopic (exact) mass is 289 g/mol. The molecule has 1 aliphatic rings. The van der Waals surface area contributed by atoms with Crippen LogP contribution in [0.5, 0.6) is 0 Å². The van der Waals surface area contributed by atoms with Crippen molar-refractivity contribution in [3.05, 3.63) is 35.8 Å². The van der Waals surface area contributed by atoms with Gasteiger partial charge in [-0.15, -0.1) is 0 Å². The number of carbonyl (C=O) groups is 1. The molecule has 1 saturated heterocycles. The summed E-state index contributed by atoms with van der Waals surface area (Å²) in [5.74, 6) is 1.13. The number of halogens is 1. The van der Waals surface area contributed by atoms with Gasteiger partial charge in [0.25, 0.3) is 0 Å². The van der Waals surface area contributed by atoms with Gasteiger partial charge in [0.1, 0.15) is 12.4 Å². The zero-order valence-electron chi connectivity index (χ0n) is 12.6. The molecule has 0 spiro atoms. The van der Waals surface area contributed by atoms with E-state index < -0.39 is 0 Å². The average Bonchev–Trinajstić information content (AvgIpc) is 2.80. The van der Waals surface area contributed by atoms with Crippen molar-refractivity contribution < 1.29 is 14.1 Å². The van der Waals surface area contributed by atoms with Crippen molar-refractivity contribution in [3.8, 4) is 0 Å². The SMILES string of the molecule is C[C@@H]1C[C@@H](C)C[NH+](CC(=O)c2c[nH]c3ccc(F)cc23)C1. The third-order valence-corrected chi connectivity index (χ3v) is 4.43. The Morgan fingerprint density at radius 1 is 1.33 bits per heavy atom. The number of H-pyrrole nitrogens is 1. The van der Waals surface area contributed by atoms with Crippen LogP contribution in [0.1, 0.15) is 30.6 Å². The van der Waals surface area contributed by atoms with Gasteiger partial charge >= 0.3 is 0 Å². The number of hydrogen-bond acceptors (Lipinski definition) is 1. The first kappa shape index (κ1) is 14.3. The van der Waals surface area contributed by atoms with E-state index in [2.05, 4.69) is 18.8 Å². The highest BCUT2D eigenvalue weighted by Crippen LogP contribution is 2.19. The number of rotatable bonds is 3. The number of likely N-dealkylation sites (tertiary alicyclic amines) is 1. The zero-order chi connectivity index (χ0) is 15.0. The lowest BCUT2D eigenvalue weighted by Gasteiger charge is -2.31. The molecule has 0 amide bonds. The minimum absolute atomic E-state index is 0.100. The summed E-state index contributed by atoms with van der Waals surface area (Å²) in [6.07, 6.45) is 2.96. The Bertz CT molecular complexity index is 654. The first-order chi connectivity index (χ1) is 10.0. The summed E-state index contributed by atoms with van der Waals surface area (Å²) >= 11 is 0. The predicted molar refractivity (Wildman–Crippen MR) is 81.1 cm³/mol. The summed E-state index contributed by atoms with van der Waals surface area (Å²) in [6.45, 7) is 7.10. The fourth-order valence-corrected chi connectivity index (χ4v) is 3.71. The molecule has 112 valence electrons. The molecule has 0 aliphatic carbocycles. The second kappa shape index (κ2) is 5.60. The van der Waals surface area contributed by atoms with Crippen molar-refractivity contribution in [3.63, 3.8) is 0 Å². The summed E-state index contributed by atoms with van der Waals surface area (Å²) in [4.78, 5) is 16.9. The smallest absolute Gasteiger partial charge is 0.219 e. The van der Waals surface area contributed by atoms with Crippen molar-refractivity contribution in [2.45, 2.75) is 20.3 Å². The van der Waals surface area contributed by atoms with E-state index in [1.165, 1.54) is 23.5 Å². The van der Waals surface area contributed by atoms with Crippen LogP contribution >= 0.6 is 0 Å². The number of hydrogen-bond donors (Lipinski definition) is 2. The molecule has 1 aromatic carbocycles. The minimum atomic E-state index is -0.302. The molecule has 3 rings (SSSR count). The van der Waals surface area contributed by atoms with Crippen LogP contribution in [0.25, 0.3) is 10.9 Å². The fourth-order valence-electron chi connectivity index (χ4n) is 3.71. The summed E-state index contributed by atoms with van der Waals surface area (Å²) in [5, 5.41) is 0.692. The maximum atomic E-state index is 13.4. The molecule has 3 nitrogen and oxygen atoms in total. The average molecular weight is 289 g/mol. The van der Waals surface area contributed by atoms with Gasteiger partial charge in [-0.1, -0.05) is 13.8 Å². The number of ketones is 1. The molecule has 0 saturated carbocycles. The topological polar surface area (TPSA) is 37.3 Å². The lowest BCUT2D eigenvalue weighted by molar-refractivity contribution is -0.903. The molecule has 2 atom stereocenters. The van der Waals surface area contributed by atoms with Crippen LogP contribution in [-0.2, 0) is 0 Å². The molecule has 1 fully saturated rings. The van der Waals surface area contributed by atoms with Crippen LogP contribution in [0.3, 0.4) is 0 Å². The van der Waals surface area contributed by atoms with Gasteiger partial charge in [-0.05, 0) is 24.6 Å². The van der Waals surface area contributed by atoms with Gasteiger partial charge in [-0.2, -0.15) is 0 Å². The van der Waals surface area contributed by atoms with E-state index >= 15 is 0 Å². The molecule has 0 bridgehead atoms. The Kier molecular flexibility index (Phi) is 3.81. The third-order valence-electron chi connectivity index (χ3n) is 4.43. The Morgan fingerprint density at radius 2 is 2.05 bits per heavy atom. The number of aromatic amines is 1. The minimum Gasteiger partial charge on any atom is -0.360 e. The second-order valence-corrected chi connectivity index (χ2v) is 6.60. The number of piperidine rings is 1. The molecule has 2 heterocycles. The zero-order valence-corrected chi connectivity index (χ0v) is 12.6. The molecule has 1 aromatic heterocycles.